The van der Waals surface area contributed by atoms with Gasteiger partial charge in [0.2, 0.25) is 5.91 Å². The van der Waals surface area contributed by atoms with E-state index < -0.39 is 0 Å². The lowest BCUT2D eigenvalue weighted by Crippen LogP contribution is -2.44. The Balaban J connectivity index is 2.47. The van der Waals surface area contributed by atoms with Crippen LogP contribution in [0.4, 0.5) is 0 Å². The van der Waals surface area contributed by atoms with Gasteiger partial charge >= 0.3 is 0 Å². The molecule has 3 heteroatoms. The van der Waals surface area contributed by atoms with Gasteiger partial charge < -0.3 is 11.1 Å². The summed E-state index contributed by atoms with van der Waals surface area (Å²) in [6.07, 6.45) is 8.06. The van der Waals surface area contributed by atoms with Crippen LogP contribution in [0.5, 0.6) is 0 Å². The van der Waals surface area contributed by atoms with Gasteiger partial charge in [0, 0.05) is 12.1 Å². The van der Waals surface area contributed by atoms with Gasteiger partial charge in [-0.15, -0.1) is 6.58 Å². The minimum atomic E-state index is 0.00904. The Labute approximate surface area is 98.5 Å². The highest BCUT2D eigenvalue weighted by molar-refractivity contribution is 5.79. The van der Waals surface area contributed by atoms with Crippen molar-refractivity contribution in [1.29, 1.82) is 0 Å². The molecule has 16 heavy (non-hydrogen) atoms. The van der Waals surface area contributed by atoms with Gasteiger partial charge in [0.1, 0.15) is 0 Å². The van der Waals surface area contributed by atoms with Crippen molar-refractivity contribution in [3.8, 4) is 0 Å². The van der Waals surface area contributed by atoms with Gasteiger partial charge in [0.05, 0.1) is 5.92 Å². The number of carbonyl (C=O) groups excluding carboxylic acids is 1. The van der Waals surface area contributed by atoms with E-state index in [9.17, 15) is 4.79 Å². The molecule has 1 amide bonds. The fourth-order valence-electron chi connectivity index (χ4n) is 2.32. The smallest absolute Gasteiger partial charge is 0.224 e. The summed E-state index contributed by atoms with van der Waals surface area (Å²) in [6, 6.07) is 0.207. The van der Waals surface area contributed by atoms with Crippen molar-refractivity contribution in [3.05, 3.63) is 12.7 Å². The van der Waals surface area contributed by atoms with E-state index in [1.807, 2.05) is 13.0 Å². The molecule has 3 atom stereocenters. The van der Waals surface area contributed by atoms with Crippen LogP contribution in [0.2, 0.25) is 0 Å². The summed E-state index contributed by atoms with van der Waals surface area (Å²) in [5, 5.41) is 3.02. The third-order valence-corrected chi connectivity index (χ3v) is 3.32. The Hall–Kier alpha value is -0.830. The maximum absolute atomic E-state index is 12.0. The van der Waals surface area contributed by atoms with Gasteiger partial charge in [0.15, 0.2) is 0 Å². The van der Waals surface area contributed by atoms with Crippen molar-refractivity contribution in [2.75, 3.05) is 0 Å². The molecule has 1 rings (SSSR count). The number of nitrogens with one attached hydrogen (secondary N) is 1. The number of hydrogen-bond acceptors (Lipinski definition) is 2. The monoisotopic (exact) mass is 224 g/mol. The molecular formula is C13H24N2O. The Morgan fingerprint density at radius 2 is 2.19 bits per heavy atom. The summed E-state index contributed by atoms with van der Waals surface area (Å²) in [6.45, 7) is 5.68. The maximum atomic E-state index is 12.0. The summed E-state index contributed by atoms with van der Waals surface area (Å²) in [7, 11) is 0. The first-order chi connectivity index (χ1) is 7.65. The van der Waals surface area contributed by atoms with E-state index in [1.165, 1.54) is 6.42 Å². The van der Waals surface area contributed by atoms with Crippen molar-refractivity contribution in [2.24, 2.45) is 11.7 Å². The molecular weight excluding hydrogens is 200 g/mol. The van der Waals surface area contributed by atoms with Crippen LogP contribution in [-0.4, -0.2) is 18.0 Å². The molecule has 0 heterocycles. The van der Waals surface area contributed by atoms with E-state index in [1.54, 1.807) is 0 Å². The molecule has 3 N–H and O–H groups in total. The Morgan fingerprint density at radius 3 is 2.88 bits per heavy atom. The van der Waals surface area contributed by atoms with E-state index in [0.29, 0.717) is 0 Å². The number of rotatable bonds is 4. The second-order valence-electron chi connectivity index (χ2n) is 4.84. The average molecular weight is 224 g/mol. The van der Waals surface area contributed by atoms with Gasteiger partial charge in [-0.1, -0.05) is 25.3 Å². The second kappa shape index (κ2) is 6.69. The normalized spacial score (nSPS) is 27.9. The third-order valence-electron chi connectivity index (χ3n) is 3.32. The lowest BCUT2D eigenvalue weighted by molar-refractivity contribution is -0.126. The molecule has 0 spiro atoms. The minimum absolute atomic E-state index is 0.00904. The maximum Gasteiger partial charge on any atom is 0.224 e. The predicted molar refractivity (Wildman–Crippen MR) is 67.0 cm³/mol. The first kappa shape index (κ1) is 13.2. The fourth-order valence-corrected chi connectivity index (χ4v) is 2.32. The minimum Gasteiger partial charge on any atom is -0.353 e. The number of nitrogens with two attached hydrogens (primary N) is 1. The van der Waals surface area contributed by atoms with Crippen LogP contribution in [-0.2, 0) is 4.79 Å². The molecule has 0 aromatic heterocycles. The van der Waals surface area contributed by atoms with Gasteiger partial charge in [-0.05, 0) is 26.2 Å². The molecule has 0 aliphatic heterocycles. The topological polar surface area (TPSA) is 55.1 Å². The molecule has 0 saturated heterocycles. The fraction of sp³-hybridized carbons (Fsp3) is 0.769. The molecule has 0 radical (unpaired) electrons. The molecule has 1 aliphatic carbocycles. The van der Waals surface area contributed by atoms with E-state index in [4.69, 9.17) is 5.73 Å². The van der Waals surface area contributed by atoms with Crippen molar-refractivity contribution < 1.29 is 4.79 Å². The zero-order valence-electron chi connectivity index (χ0n) is 10.2. The first-order valence-corrected chi connectivity index (χ1v) is 6.32. The second-order valence-corrected chi connectivity index (χ2v) is 4.84. The number of carbonyl (C=O) groups is 1. The molecule has 3 unspecified atom stereocenters. The lowest BCUT2D eigenvalue weighted by Gasteiger charge is -2.22. The highest BCUT2D eigenvalue weighted by Crippen LogP contribution is 2.22. The molecule has 0 bridgehead atoms. The van der Waals surface area contributed by atoms with E-state index >= 15 is 0 Å². The van der Waals surface area contributed by atoms with E-state index in [-0.39, 0.29) is 23.9 Å². The van der Waals surface area contributed by atoms with Crippen LogP contribution < -0.4 is 11.1 Å². The molecule has 0 aromatic carbocycles. The summed E-state index contributed by atoms with van der Waals surface area (Å²) in [5.74, 6) is 0.138. The zero-order valence-corrected chi connectivity index (χ0v) is 10.2. The van der Waals surface area contributed by atoms with Gasteiger partial charge in [0.25, 0.3) is 0 Å². The quantitative estimate of drug-likeness (QED) is 0.566. The third kappa shape index (κ3) is 3.97. The molecule has 1 saturated carbocycles. The number of hydrogen-bond donors (Lipinski definition) is 2. The highest BCUT2D eigenvalue weighted by Gasteiger charge is 2.27. The predicted octanol–water partition coefficient (Wildman–Crippen LogP) is 1.97. The molecule has 3 nitrogen and oxygen atoms in total. The van der Waals surface area contributed by atoms with Crippen LogP contribution in [0.1, 0.15) is 45.4 Å². The van der Waals surface area contributed by atoms with Gasteiger partial charge in [-0.3, -0.25) is 4.79 Å². The van der Waals surface area contributed by atoms with Gasteiger partial charge in [-0.2, -0.15) is 0 Å². The van der Waals surface area contributed by atoms with Crippen molar-refractivity contribution >= 4 is 5.91 Å². The molecule has 92 valence electrons. The molecule has 0 aromatic rings. The van der Waals surface area contributed by atoms with Gasteiger partial charge in [-0.25, -0.2) is 0 Å². The zero-order chi connectivity index (χ0) is 12.0. The molecule has 1 fully saturated rings. The van der Waals surface area contributed by atoms with Crippen LogP contribution >= 0.6 is 0 Å². The van der Waals surface area contributed by atoms with Crippen LogP contribution in [0.25, 0.3) is 0 Å². The van der Waals surface area contributed by atoms with Crippen LogP contribution in [0.3, 0.4) is 0 Å². The average Bonchev–Trinajstić information content (AvgIpc) is 2.43. The van der Waals surface area contributed by atoms with Crippen molar-refractivity contribution in [3.63, 3.8) is 0 Å². The first-order valence-electron chi connectivity index (χ1n) is 6.32. The Morgan fingerprint density at radius 1 is 1.50 bits per heavy atom. The standard InChI is InChI=1S/C13H24N2O/c1-3-7-10(2)15-13(16)11-8-5-4-6-9-12(11)14/h3,10-12H,1,4-9,14H2,2H3,(H,15,16). The summed E-state index contributed by atoms with van der Waals surface area (Å²) in [5.41, 5.74) is 6.05. The largest absolute Gasteiger partial charge is 0.353 e. The van der Waals surface area contributed by atoms with E-state index in [0.717, 1.165) is 32.1 Å². The molecule has 1 aliphatic rings. The summed E-state index contributed by atoms with van der Waals surface area (Å²) in [4.78, 5) is 12.0. The van der Waals surface area contributed by atoms with Crippen molar-refractivity contribution in [1.82, 2.24) is 5.32 Å². The van der Waals surface area contributed by atoms with Crippen LogP contribution in [0.15, 0.2) is 12.7 Å². The Bertz CT molecular complexity index is 240. The van der Waals surface area contributed by atoms with Crippen molar-refractivity contribution in [2.45, 2.75) is 57.5 Å². The SMILES string of the molecule is C=CCC(C)NC(=O)C1CCCCCC1N. The highest BCUT2D eigenvalue weighted by atomic mass is 16.2. The summed E-state index contributed by atoms with van der Waals surface area (Å²) >= 11 is 0. The van der Waals surface area contributed by atoms with Crippen LogP contribution in [0, 0.1) is 5.92 Å². The number of amides is 1. The van der Waals surface area contributed by atoms with E-state index in [2.05, 4.69) is 11.9 Å². The summed E-state index contributed by atoms with van der Waals surface area (Å²) < 4.78 is 0. The lowest BCUT2D eigenvalue weighted by atomic mass is 9.94. The Kier molecular flexibility index (Phi) is 5.53.